The third-order valence-electron chi connectivity index (χ3n) is 6.44. The van der Waals surface area contributed by atoms with E-state index in [0.717, 1.165) is 5.57 Å². The maximum Gasteiger partial charge on any atom is 0.308 e. The van der Waals surface area contributed by atoms with Crippen molar-refractivity contribution >= 4 is 41.5 Å². The van der Waals surface area contributed by atoms with Crippen molar-refractivity contribution in [1.82, 2.24) is 0 Å². The van der Waals surface area contributed by atoms with Gasteiger partial charge in [-0.15, -0.1) is 0 Å². The number of ether oxygens (including phenoxy) is 1. The van der Waals surface area contributed by atoms with E-state index in [1.165, 1.54) is 0 Å². The first-order valence-electron chi connectivity index (χ1n) is 11.0. The van der Waals surface area contributed by atoms with Crippen LogP contribution >= 0.6 is 0 Å². The van der Waals surface area contributed by atoms with Crippen LogP contribution in [0.15, 0.2) is 23.8 Å². The number of carbonyl (C=O) groups excluding carboxylic acids is 1. The number of rotatable bonds is 10. The molecule has 0 bridgehead atoms. The average Bonchev–Trinajstić information content (AvgIpc) is 2.65. The number of aliphatic carboxylic acids is 1. The molecule has 0 saturated carbocycles. The van der Waals surface area contributed by atoms with Crippen LogP contribution in [0.3, 0.4) is 0 Å². The van der Waals surface area contributed by atoms with E-state index < -0.39 is 30.4 Å². The van der Waals surface area contributed by atoms with E-state index in [1.807, 2.05) is 26.0 Å². The van der Waals surface area contributed by atoms with Gasteiger partial charge in [-0.2, -0.15) is 0 Å². The molecule has 7 nitrogen and oxygen atoms in total. The number of aliphatic hydroxyl groups excluding tert-OH is 3. The van der Waals surface area contributed by atoms with Crippen LogP contribution in [0, 0.1) is 23.7 Å². The van der Waals surface area contributed by atoms with Gasteiger partial charge < -0.3 is 25.2 Å². The molecule has 171 valence electrons. The summed E-state index contributed by atoms with van der Waals surface area (Å²) in [5.74, 6) is -1.31. The Kier molecular flexibility index (Phi) is 12.0. The third kappa shape index (κ3) is 8.30. The molecule has 1 radical (unpaired) electrons. The number of carbonyl (C=O) groups is 2. The fourth-order valence-corrected chi connectivity index (χ4v) is 4.52. The van der Waals surface area contributed by atoms with Crippen LogP contribution in [0.5, 0.6) is 0 Å². The van der Waals surface area contributed by atoms with Crippen molar-refractivity contribution in [3.63, 3.8) is 0 Å². The van der Waals surface area contributed by atoms with Crippen molar-refractivity contribution in [3.8, 4) is 0 Å². The topological polar surface area (TPSA) is 124 Å². The van der Waals surface area contributed by atoms with Crippen LogP contribution in [0.1, 0.15) is 59.3 Å². The molecule has 0 aromatic rings. The molecule has 0 amide bonds. The number of fused-ring (bicyclic) bond motifs is 1. The van der Waals surface area contributed by atoms with E-state index in [2.05, 4.69) is 13.0 Å². The minimum Gasteiger partial charge on any atom is -0.481 e. The molecule has 8 heteroatoms. The molecule has 0 spiro atoms. The van der Waals surface area contributed by atoms with Gasteiger partial charge in [-0.25, -0.2) is 0 Å². The Morgan fingerprint density at radius 1 is 1.26 bits per heavy atom. The Hall–Kier alpha value is -0.700. The van der Waals surface area contributed by atoms with Crippen molar-refractivity contribution in [3.05, 3.63) is 23.8 Å². The second kappa shape index (κ2) is 13.1. The SMILES string of the molecule is CC[C@H](C)C(=O)O[C@H]1C[C@@H](O)C=C2C=C[C@H](C)[C@H](CC[C@@H](O)C[C@@H](O)CC(=O)O)[C@H]21.[Na]. The standard InChI is InChI=1S/C23H36O7.Na/c1-4-13(2)23(29)30-20-11-17(25)9-15-6-5-14(3)19(22(15)20)8-7-16(24)10-18(26)12-21(27)28;/h5-6,9,13-14,16-20,22,24-26H,4,7-8,10-12H2,1-3H3,(H,27,28);/t13-,14-,16+,17-,18+,19-,20-,22-;/m0./s1. The van der Waals surface area contributed by atoms with Gasteiger partial charge in [0.05, 0.1) is 30.7 Å². The molecule has 2 rings (SSSR count). The fraction of sp³-hybridized carbons (Fsp3) is 0.739. The Bertz CT molecular complexity index is 662. The molecule has 2 aliphatic rings. The molecule has 0 aromatic carbocycles. The Balaban J connectivity index is 0.00000480. The summed E-state index contributed by atoms with van der Waals surface area (Å²) in [4.78, 5) is 23.1. The van der Waals surface area contributed by atoms with Crippen LogP contribution in [-0.4, -0.2) is 86.3 Å². The first-order chi connectivity index (χ1) is 14.1. The van der Waals surface area contributed by atoms with Gasteiger partial charge >= 0.3 is 11.9 Å². The molecule has 31 heavy (non-hydrogen) atoms. The van der Waals surface area contributed by atoms with Gasteiger partial charge in [-0.1, -0.05) is 39.0 Å². The number of carboxylic acids is 1. The van der Waals surface area contributed by atoms with Crippen molar-refractivity contribution in [2.45, 2.75) is 83.7 Å². The van der Waals surface area contributed by atoms with E-state index in [9.17, 15) is 24.9 Å². The maximum absolute atomic E-state index is 12.4. The summed E-state index contributed by atoms with van der Waals surface area (Å²) in [6.45, 7) is 5.85. The summed E-state index contributed by atoms with van der Waals surface area (Å²) in [7, 11) is 0. The minimum atomic E-state index is -1.10. The number of hydrogen-bond donors (Lipinski definition) is 4. The van der Waals surface area contributed by atoms with Crippen LogP contribution in [0.2, 0.25) is 0 Å². The number of carboxylic acid groups (broad SMARTS) is 1. The summed E-state index contributed by atoms with van der Waals surface area (Å²) < 4.78 is 5.84. The van der Waals surface area contributed by atoms with E-state index in [0.29, 0.717) is 25.7 Å². The Morgan fingerprint density at radius 3 is 2.55 bits per heavy atom. The predicted molar refractivity (Wildman–Crippen MR) is 117 cm³/mol. The monoisotopic (exact) mass is 447 g/mol. The first-order valence-corrected chi connectivity index (χ1v) is 11.0. The molecule has 2 aliphatic carbocycles. The van der Waals surface area contributed by atoms with Gasteiger partial charge in [0.15, 0.2) is 0 Å². The molecule has 0 saturated heterocycles. The van der Waals surface area contributed by atoms with Gasteiger partial charge in [-0.05, 0) is 43.1 Å². The van der Waals surface area contributed by atoms with Gasteiger partial charge in [0.1, 0.15) is 6.10 Å². The number of esters is 1. The van der Waals surface area contributed by atoms with Crippen LogP contribution < -0.4 is 0 Å². The molecule has 0 fully saturated rings. The van der Waals surface area contributed by atoms with Gasteiger partial charge in [-0.3, -0.25) is 9.59 Å². The second-order valence-electron chi connectivity index (χ2n) is 8.88. The zero-order valence-electron chi connectivity index (χ0n) is 19.1. The fourth-order valence-electron chi connectivity index (χ4n) is 4.52. The van der Waals surface area contributed by atoms with Crippen molar-refractivity contribution in [2.75, 3.05) is 0 Å². The number of aliphatic hydroxyl groups is 3. The maximum atomic E-state index is 12.4. The number of allylic oxidation sites excluding steroid dienone is 2. The summed E-state index contributed by atoms with van der Waals surface area (Å²) in [6.07, 6.45) is 4.64. The molecule has 0 aromatic heterocycles. The zero-order chi connectivity index (χ0) is 22.4. The van der Waals surface area contributed by atoms with E-state index in [-0.39, 0.29) is 72.0 Å². The van der Waals surface area contributed by atoms with Crippen LogP contribution in [0.4, 0.5) is 0 Å². The van der Waals surface area contributed by atoms with Crippen molar-refractivity contribution < 1.29 is 34.8 Å². The molecule has 8 atom stereocenters. The molecule has 0 heterocycles. The second-order valence-corrected chi connectivity index (χ2v) is 8.88. The summed E-state index contributed by atoms with van der Waals surface area (Å²) >= 11 is 0. The van der Waals surface area contributed by atoms with Gasteiger partial charge in [0.25, 0.3) is 0 Å². The first kappa shape index (κ1) is 28.3. The van der Waals surface area contributed by atoms with Crippen molar-refractivity contribution in [1.29, 1.82) is 0 Å². The van der Waals surface area contributed by atoms with Crippen LogP contribution in [-0.2, 0) is 14.3 Å². The van der Waals surface area contributed by atoms with Crippen molar-refractivity contribution in [2.24, 2.45) is 23.7 Å². The zero-order valence-corrected chi connectivity index (χ0v) is 21.1. The van der Waals surface area contributed by atoms with E-state index in [1.54, 1.807) is 0 Å². The minimum absolute atomic E-state index is 0. The van der Waals surface area contributed by atoms with E-state index in [4.69, 9.17) is 9.84 Å². The summed E-state index contributed by atoms with van der Waals surface area (Å²) in [5, 5.41) is 39.1. The molecule has 0 unspecified atom stereocenters. The molecular formula is C23H36NaO7. The third-order valence-corrected chi connectivity index (χ3v) is 6.44. The van der Waals surface area contributed by atoms with E-state index >= 15 is 0 Å². The quantitative estimate of drug-likeness (QED) is 0.298. The predicted octanol–water partition coefficient (Wildman–Crippen LogP) is 2.06. The molecule has 4 N–H and O–H groups in total. The largest absolute Gasteiger partial charge is 0.481 e. The summed E-state index contributed by atoms with van der Waals surface area (Å²) in [5.41, 5.74) is 0.958. The smallest absolute Gasteiger partial charge is 0.308 e. The molecular weight excluding hydrogens is 411 g/mol. The average molecular weight is 448 g/mol. The number of hydrogen-bond acceptors (Lipinski definition) is 6. The Labute approximate surface area is 206 Å². The van der Waals surface area contributed by atoms with Gasteiger partial charge in [0, 0.05) is 41.9 Å². The normalized spacial score (nSPS) is 30.3. The van der Waals surface area contributed by atoms with Gasteiger partial charge in [0.2, 0.25) is 0 Å². The summed E-state index contributed by atoms with van der Waals surface area (Å²) in [6, 6.07) is 0. The Morgan fingerprint density at radius 2 is 1.94 bits per heavy atom. The molecule has 0 aliphatic heterocycles. The van der Waals surface area contributed by atoms with Crippen LogP contribution in [0.25, 0.3) is 0 Å².